The first kappa shape index (κ1) is 16.9. The molecule has 1 aromatic carbocycles. The molecule has 0 saturated heterocycles. The second-order valence-corrected chi connectivity index (χ2v) is 7.06. The molecule has 1 rings (SSSR count). The lowest BCUT2D eigenvalue weighted by Crippen LogP contribution is -2.28. The lowest BCUT2D eigenvalue weighted by molar-refractivity contribution is 0.114. The first-order chi connectivity index (χ1) is 9.24. The monoisotopic (exact) mass is 300 g/mol. The summed E-state index contributed by atoms with van der Waals surface area (Å²) in [5.74, 6) is 0.436. The van der Waals surface area contributed by atoms with Gasteiger partial charge < -0.3 is 10.5 Å². The third-order valence-electron chi connectivity index (χ3n) is 2.92. The van der Waals surface area contributed by atoms with Crippen LogP contribution < -0.4 is 10.5 Å². The summed E-state index contributed by atoms with van der Waals surface area (Å²) in [6, 6.07) is 3.25. The van der Waals surface area contributed by atoms with Crippen LogP contribution >= 0.6 is 0 Å². The summed E-state index contributed by atoms with van der Waals surface area (Å²) < 4.78 is 32.4. The van der Waals surface area contributed by atoms with Gasteiger partial charge in [-0.3, -0.25) is 0 Å². The molecule has 6 heteroatoms. The van der Waals surface area contributed by atoms with Crippen molar-refractivity contribution < 1.29 is 13.2 Å². The minimum Gasteiger partial charge on any atom is -0.399 e. The van der Waals surface area contributed by atoms with Gasteiger partial charge in [-0.2, -0.15) is 0 Å². The summed E-state index contributed by atoms with van der Waals surface area (Å²) in [7, 11) is -3.55. The van der Waals surface area contributed by atoms with Crippen LogP contribution in [0.4, 0.5) is 5.69 Å². The minimum absolute atomic E-state index is 0.235. The number of benzene rings is 1. The molecule has 20 heavy (non-hydrogen) atoms. The highest BCUT2D eigenvalue weighted by Gasteiger charge is 2.18. The van der Waals surface area contributed by atoms with Gasteiger partial charge in [-0.1, -0.05) is 13.8 Å². The maximum Gasteiger partial charge on any atom is 0.240 e. The molecule has 5 nitrogen and oxygen atoms in total. The van der Waals surface area contributed by atoms with Crippen molar-refractivity contribution in [2.24, 2.45) is 5.92 Å². The number of hydrogen-bond donors (Lipinski definition) is 2. The Bertz CT molecular complexity index is 554. The zero-order chi connectivity index (χ0) is 15.3. The number of aryl methyl sites for hydroxylation is 1. The zero-order valence-corrected chi connectivity index (χ0v) is 13.4. The molecule has 114 valence electrons. The predicted octanol–water partition coefficient (Wildman–Crippen LogP) is 1.84. The molecule has 0 amide bonds. The van der Waals surface area contributed by atoms with Gasteiger partial charge in [-0.05, 0) is 43.0 Å². The molecule has 0 aromatic heterocycles. The molecule has 0 saturated carbocycles. The Morgan fingerprint density at radius 2 is 1.95 bits per heavy atom. The highest BCUT2D eigenvalue weighted by atomic mass is 32.2. The Labute approximate surface area is 121 Å². The van der Waals surface area contributed by atoms with Gasteiger partial charge in [0.25, 0.3) is 0 Å². The number of nitrogens with one attached hydrogen (secondary N) is 1. The summed E-state index contributed by atoms with van der Waals surface area (Å²) >= 11 is 0. The number of nitrogens with two attached hydrogens (primary N) is 1. The summed E-state index contributed by atoms with van der Waals surface area (Å²) in [5, 5.41) is 0. The molecular weight excluding hydrogens is 276 g/mol. The second-order valence-electron chi connectivity index (χ2n) is 5.33. The molecule has 3 N–H and O–H groups in total. The van der Waals surface area contributed by atoms with E-state index in [1.165, 1.54) is 6.07 Å². The van der Waals surface area contributed by atoms with Gasteiger partial charge in [-0.25, -0.2) is 13.1 Å². The molecule has 1 aromatic rings. The average Bonchev–Trinajstić information content (AvgIpc) is 2.32. The Balaban J connectivity index is 2.70. The highest BCUT2D eigenvalue weighted by Crippen LogP contribution is 2.21. The third kappa shape index (κ3) is 4.77. The van der Waals surface area contributed by atoms with Gasteiger partial charge >= 0.3 is 0 Å². The van der Waals surface area contributed by atoms with Crippen molar-refractivity contribution in [3.8, 4) is 0 Å². The van der Waals surface area contributed by atoms with Crippen molar-refractivity contribution in [2.45, 2.75) is 32.6 Å². The van der Waals surface area contributed by atoms with E-state index in [0.717, 1.165) is 11.1 Å². The van der Waals surface area contributed by atoms with E-state index in [2.05, 4.69) is 4.72 Å². The molecule has 0 fully saturated rings. The fourth-order valence-corrected chi connectivity index (χ4v) is 3.14. The van der Waals surface area contributed by atoms with Crippen LogP contribution in [0.1, 0.15) is 25.0 Å². The van der Waals surface area contributed by atoms with Crippen molar-refractivity contribution in [3.05, 3.63) is 23.3 Å². The molecule has 0 radical (unpaired) electrons. The molecule has 0 aliphatic rings. The number of anilines is 1. The fraction of sp³-hybridized carbons (Fsp3) is 0.571. The lowest BCUT2D eigenvalue weighted by Gasteiger charge is -2.12. The van der Waals surface area contributed by atoms with Crippen LogP contribution in [0.2, 0.25) is 0 Å². The van der Waals surface area contributed by atoms with E-state index in [0.29, 0.717) is 24.8 Å². The molecule has 0 heterocycles. The van der Waals surface area contributed by atoms with Crippen molar-refractivity contribution in [3.63, 3.8) is 0 Å². The largest absolute Gasteiger partial charge is 0.399 e. The molecule has 0 unspecified atom stereocenters. The van der Waals surface area contributed by atoms with Crippen LogP contribution in [-0.4, -0.2) is 28.2 Å². The maximum absolute atomic E-state index is 12.2. The molecular formula is C14H24N2O3S. The second kappa shape index (κ2) is 7.06. The van der Waals surface area contributed by atoms with E-state index in [1.807, 2.05) is 20.8 Å². The van der Waals surface area contributed by atoms with Gasteiger partial charge in [0.1, 0.15) is 0 Å². The van der Waals surface area contributed by atoms with Crippen molar-refractivity contribution in [1.82, 2.24) is 4.72 Å². The van der Waals surface area contributed by atoms with Gasteiger partial charge in [0.15, 0.2) is 0 Å². The van der Waals surface area contributed by atoms with Crippen LogP contribution in [0.3, 0.4) is 0 Å². The summed E-state index contributed by atoms with van der Waals surface area (Å²) in [4.78, 5) is 0.235. The van der Waals surface area contributed by atoms with Crippen LogP contribution in [0.5, 0.6) is 0 Å². The third-order valence-corrected chi connectivity index (χ3v) is 4.51. The van der Waals surface area contributed by atoms with Gasteiger partial charge in [0.05, 0.1) is 11.5 Å². The van der Waals surface area contributed by atoms with E-state index in [1.54, 1.807) is 13.0 Å². The Kier molecular flexibility index (Phi) is 5.98. The van der Waals surface area contributed by atoms with Crippen molar-refractivity contribution in [1.29, 1.82) is 0 Å². The molecule has 0 spiro atoms. The summed E-state index contributed by atoms with van der Waals surface area (Å²) in [6.45, 7) is 8.94. The molecule has 0 bridgehead atoms. The highest BCUT2D eigenvalue weighted by molar-refractivity contribution is 7.89. The first-order valence-electron chi connectivity index (χ1n) is 6.68. The predicted molar refractivity (Wildman–Crippen MR) is 81.2 cm³/mol. The van der Waals surface area contributed by atoms with Gasteiger partial charge in [0, 0.05) is 18.8 Å². The number of rotatable bonds is 7. The van der Waals surface area contributed by atoms with E-state index >= 15 is 0 Å². The number of ether oxygens (including phenoxy) is 1. The number of hydrogen-bond acceptors (Lipinski definition) is 4. The van der Waals surface area contributed by atoms with Gasteiger partial charge in [0.2, 0.25) is 10.0 Å². The van der Waals surface area contributed by atoms with Crippen LogP contribution in [0.15, 0.2) is 17.0 Å². The standard InChI is InChI=1S/C14H24N2O3S/c1-10(2)9-19-6-5-16-20(17,18)14-8-13(15)7-11(3)12(14)4/h7-8,10,16H,5-6,9,15H2,1-4H3. The molecule has 0 aliphatic carbocycles. The molecule has 0 aliphatic heterocycles. The van der Waals surface area contributed by atoms with Gasteiger partial charge in [-0.15, -0.1) is 0 Å². The SMILES string of the molecule is Cc1cc(N)cc(S(=O)(=O)NCCOCC(C)C)c1C. The average molecular weight is 300 g/mol. The number of sulfonamides is 1. The van der Waals surface area contributed by atoms with E-state index in [4.69, 9.17) is 10.5 Å². The van der Waals surface area contributed by atoms with E-state index < -0.39 is 10.0 Å². The summed E-state index contributed by atoms with van der Waals surface area (Å²) in [6.07, 6.45) is 0. The Morgan fingerprint density at radius 1 is 1.30 bits per heavy atom. The van der Waals surface area contributed by atoms with E-state index in [9.17, 15) is 8.42 Å². The van der Waals surface area contributed by atoms with E-state index in [-0.39, 0.29) is 11.4 Å². The summed E-state index contributed by atoms with van der Waals surface area (Å²) in [5.41, 5.74) is 7.75. The first-order valence-corrected chi connectivity index (χ1v) is 8.16. The van der Waals surface area contributed by atoms with Crippen LogP contribution in [0, 0.1) is 19.8 Å². The Hall–Kier alpha value is -1.11. The maximum atomic E-state index is 12.2. The van der Waals surface area contributed by atoms with Crippen molar-refractivity contribution in [2.75, 3.05) is 25.5 Å². The quantitative estimate of drug-likeness (QED) is 0.594. The van der Waals surface area contributed by atoms with Crippen molar-refractivity contribution >= 4 is 15.7 Å². The van der Waals surface area contributed by atoms with Crippen LogP contribution in [0.25, 0.3) is 0 Å². The minimum atomic E-state index is -3.55. The fourth-order valence-electron chi connectivity index (χ4n) is 1.78. The number of nitrogen functional groups attached to an aromatic ring is 1. The van der Waals surface area contributed by atoms with Crippen LogP contribution in [-0.2, 0) is 14.8 Å². The zero-order valence-electron chi connectivity index (χ0n) is 12.6. The topological polar surface area (TPSA) is 81.4 Å². The molecule has 0 atom stereocenters. The smallest absolute Gasteiger partial charge is 0.240 e. The normalized spacial score (nSPS) is 12.1. The lowest BCUT2D eigenvalue weighted by atomic mass is 10.1. The Morgan fingerprint density at radius 3 is 2.55 bits per heavy atom.